The highest BCUT2D eigenvalue weighted by atomic mass is 16.5. The molecule has 1 aliphatic heterocycles. The lowest BCUT2D eigenvalue weighted by atomic mass is 10.1. The van der Waals surface area contributed by atoms with Gasteiger partial charge in [-0.15, -0.1) is 0 Å². The van der Waals surface area contributed by atoms with Crippen LogP contribution in [0.3, 0.4) is 0 Å². The molecule has 0 N–H and O–H groups in total. The molecule has 4 nitrogen and oxygen atoms in total. The van der Waals surface area contributed by atoms with Crippen molar-refractivity contribution in [2.24, 2.45) is 0 Å². The summed E-state index contributed by atoms with van der Waals surface area (Å²) in [6.07, 6.45) is -0.0700. The summed E-state index contributed by atoms with van der Waals surface area (Å²) in [4.78, 5) is 26.1. The third-order valence-electron chi connectivity index (χ3n) is 3.76. The van der Waals surface area contributed by atoms with Crippen LogP contribution in [0.1, 0.15) is 35.4 Å². The summed E-state index contributed by atoms with van der Waals surface area (Å²) in [6, 6.07) is 16.7. The Labute approximate surface area is 129 Å². The molecule has 3 rings (SSSR count). The van der Waals surface area contributed by atoms with Gasteiger partial charge in [-0.1, -0.05) is 49.4 Å². The summed E-state index contributed by atoms with van der Waals surface area (Å²) in [5.41, 5.74) is 1.38. The molecule has 0 bridgehead atoms. The predicted molar refractivity (Wildman–Crippen MR) is 82.6 cm³/mol. The van der Waals surface area contributed by atoms with E-state index >= 15 is 0 Å². The van der Waals surface area contributed by atoms with Crippen LogP contribution in [0, 0.1) is 0 Å². The number of rotatable bonds is 2. The lowest BCUT2D eigenvalue weighted by Crippen LogP contribution is -2.38. The zero-order valence-corrected chi connectivity index (χ0v) is 12.4. The first-order valence-corrected chi connectivity index (χ1v) is 7.36. The number of carbonyl (C=O) groups is 2. The Hall–Kier alpha value is -2.62. The summed E-state index contributed by atoms with van der Waals surface area (Å²) < 4.78 is 6.02. The van der Waals surface area contributed by atoms with Crippen LogP contribution in [0.2, 0.25) is 0 Å². The van der Waals surface area contributed by atoms with Crippen molar-refractivity contribution < 1.29 is 14.3 Å². The lowest BCUT2D eigenvalue weighted by Gasteiger charge is -2.22. The van der Waals surface area contributed by atoms with E-state index in [0.29, 0.717) is 11.3 Å². The number of fused-ring (bicyclic) bond motifs is 1. The second kappa shape index (κ2) is 6.02. The lowest BCUT2D eigenvalue weighted by molar-refractivity contribution is -0.129. The minimum atomic E-state index is -0.357. The van der Waals surface area contributed by atoms with E-state index < -0.39 is 0 Å². The average molecular weight is 295 g/mol. The number of hydrogen-bond donors (Lipinski definition) is 0. The Morgan fingerprint density at radius 3 is 2.55 bits per heavy atom. The number of para-hydroxylation sites is 1. The van der Waals surface area contributed by atoms with Crippen molar-refractivity contribution >= 4 is 11.8 Å². The van der Waals surface area contributed by atoms with Gasteiger partial charge in [0, 0.05) is 6.42 Å². The molecule has 1 aliphatic rings. The Kier molecular flexibility index (Phi) is 3.92. The number of nitrogens with zero attached hydrogens (tertiary/aromatic N) is 1. The van der Waals surface area contributed by atoms with Gasteiger partial charge >= 0.3 is 0 Å². The first-order chi connectivity index (χ1) is 10.7. The molecular weight excluding hydrogens is 278 g/mol. The zero-order chi connectivity index (χ0) is 15.5. The van der Waals surface area contributed by atoms with Gasteiger partial charge in [-0.2, -0.15) is 0 Å². The highest BCUT2D eigenvalue weighted by molar-refractivity contribution is 6.06. The molecule has 2 aromatic carbocycles. The average Bonchev–Trinajstić information content (AvgIpc) is 2.72. The molecule has 1 atom stereocenters. The molecule has 0 fully saturated rings. The third-order valence-corrected chi connectivity index (χ3v) is 3.76. The quantitative estimate of drug-likeness (QED) is 0.854. The summed E-state index contributed by atoms with van der Waals surface area (Å²) in [7, 11) is 0. The second-order valence-corrected chi connectivity index (χ2v) is 5.18. The fourth-order valence-corrected chi connectivity index (χ4v) is 2.58. The normalized spacial score (nSPS) is 17.4. The number of ether oxygens (including phenoxy) is 1. The van der Waals surface area contributed by atoms with E-state index in [-0.39, 0.29) is 30.9 Å². The molecule has 4 heteroatoms. The fourth-order valence-electron chi connectivity index (χ4n) is 2.58. The highest BCUT2D eigenvalue weighted by Crippen LogP contribution is 2.31. The van der Waals surface area contributed by atoms with Crippen LogP contribution >= 0.6 is 0 Å². The van der Waals surface area contributed by atoms with Crippen molar-refractivity contribution in [3.8, 4) is 5.75 Å². The fraction of sp³-hybridized carbons (Fsp3) is 0.222. The summed E-state index contributed by atoms with van der Waals surface area (Å²) in [5, 5.41) is 0. The number of imide groups is 1. The summed E-state index contributed by atoms with van der Waals surface area (Å²) >= 11 is 0. The van der Waals surface area contributed by atoms with Crippen molar-refractivity contribution in [2.45, 2.75) is 19.4 Å². The van der Waals surface area contributed by atoms with Gasteiger partial charge < -0.3 is 4.74 Å². The molecule has 1 unspecified atom stereocenters. The second-order valence-electron chi connectivity index (χ2n) is 5.18. The van der Waals surface area contributed by atoms with E-state index in [1.807, 2.05) is 36.4 Å². The standard InChI is InChI=1S/C18H17NO3/c1-2-17(20)19-12-16(13-8-4-3-5-9-13)22-15-11-7-6-10-14(15)18(19)21/h3-11,16H,2,12H2,1H3. The molecule has 0 saturated heterocycles. The van der Waals surface area contributed by atoms with E-state index in [2.05, 4.69) is 0 Å². The topological polar surface area (TPSA) is 46.6 Å². The molecule has 0 radical (unpaired) electrons. The number of amides is 2. The Morgan fingerprint density at radius 1 is 1.14 bits per heavy atom. The maximum atomic E-state index is 12.6. The summed E-state index contributed by atoms with van der Waals surface area (Å²) in [6.45, 7) is 1.98. The molecular formula is C18H17NO3. The van der Waals surface area contributed by atoms with Crippen LogP contribution < -0.4 is 4.74 Å². The molecule has 0 aromatic heterocycles. The van der Waals surface area contributed by atoms with Gasteiger partial charge in [0.05, 0.1) is 12.1 Å². The first kappa shape index (κ1) is 14.3. The van der Waals surface area contributed by atoms with Crippen molar-refractivity contribution in [2.75, 3.05) is 6.54 Å². The molecule has 0 aliphatic carbocycles. The Bertz CT molecular complexity index is 696. The van der Waals surface area contributed by atoms with Crippen molar-refractivity contribution in [3.05, 3.63) is 65.7 Å². The van der Waals surface area contributed by atoms with Gasteiger partial charge in [-0.25, -0.2) is 0 Å². The van der Waals surface area contributed by atoms with Crippen molar-refractivity contribution in [1.29, 1.82) is 0 Å². The van der Waals surface area contributed by atoms with E-state index in [4.69, 9.17) is 4.74 Å². The van der Waals surface area contributed by atoms with Gasteiger partial charge in [0.1, 0.15) is 11.9 Å². The van der Waals surface area contributed by atoms with Gasteiger partial charge in [0.25, 0.3) is 5.91 Å². The monoisotopic (exact) mass is 295 g/mol. The molecule has 0 saturated carbocycles. The van der Waals surface area contributed by atoms with Gasteiger partial charge in [-0.3, -0.25) is 14.5 Å². The molecule has 1 heterocycles. The van der Waals surface area contributed by atoms with E-state index in [0.717, 1.165) is 5.56 Å². The van der Waals surface area contributed by atoms with Crippen LogP contribution in [0.4, 0.5) is 0 Å². The van der Waals surface area contributed by atoms with E-state index in [1.165, 1.54) is 4.90 Å². The Morgan fingerprint density at radius 2 is 1.82 bits per heavy atom. The number of hydrogen-bond acceptors (Lipinski definition) is 3. The van der Waals surface area contributed by atoms with E-state index in [1.54, 1.807) is 25.1 Å². The Balaban J connectivity index is 2.05. The van der Waals surface area contributed by atoms with Crippen LogP contribution in [0.5, 0.6) is 5.75 Å². The third kappa shape index (κ3) is 2.60. The highest BCUT2D eigenvalue weighted by Gasteiger charge is 2.32. The van der Waals surface area contributed by atoms with E-state index in [9.17, 15) is 9.59 Å². The largest absolute Gasteiger partial charge is 0.483 e. The first-order valence-electron chi connectivity index (χ1n) is 7.36. The minimum absolute atomic E-state index is 0.189. The molecule has 112 valence electrons. The molecule has 0 spiro atoms. The maximum absolute atomic E-state index is 12.6. The molecule has 2 amide bonds. The van der Waals surface area contributed by atoms with Gasteiger partial charge in [-0.05, 0) is 17.7 Å². The number of benzene rings is 2. The van der Waals surface area contributed by atoms with Crippen molar-refractivity contribution in [1.82, 2.24) is 4.90 Å². The van der Waals surface area contributed by atoms with Gasteiger partial charge in [0.2, 0.25) is 5.91 Å². The SMILES string of the molecule is CCC(=O)N1CC(c2ccccc2)Oc2ccccc2C1=O. The van der Waals surface area contributed by atoms with Gasteiger partial charge in [0.15, 0.2) is 0 Å². The van der Waals surface area contributed by atoms with Crippen LogP contribution in [0.25, 0.3) is 0 Å². The zero-order valence-electron chi connectivity index (χ0n) is 12.4. The van der Waals surface area contributed by atoms with Crippen molar-refractivity contribution in [3.63, 3.8) is 0 Å². The summed E-state index contributed by atoms with van der Waals surface area (Å²) in [5.74, 6) is 0.0415. The predicted octanol–water partition coefficient (Wildman–Crippen LogP) is 3.20. The molecule has 22 heavy (non-hydrogen) atoms. The minimum Gasteiger partial charge on any atom is -0.483 e. The number of carbonyl (C=O) groups excluding carboxylic acids is 2. The van der Waals surface area contributed by atoms with Crippen LogP contribution in [0.15, 0.2) is 54.6 Å². The van der Waals surface area contributed by atoms with Crippen LogP contribution in [-0.2, 0) is 4.79 Å². The van der Waals surface area contributed by atoms with Crippen LogP contribution in [-0.4, -0.2) is 23.3 Å². The maximum Gasteiger partial charge on any atom is 0.264 e. The smallest absolute Gasteiger partial charge is 0.264 e. The molecule has 2 aromatic rings.